The van der Waals surface area contributed by atoms with Crippen LogP contribution in [0.2, 0.25) is 0 Å². The van der Waals surface area contributed by atoms with E-state index in [1.165, 1.54) is 71.4 Å². The maximum atomic E-state index is 2.32. The van der Waals surface area contributed by atoms with Crippen LogP contribution in [-0.2, 0) is 0 Å². The Morgan fingerprint density at radius 3 is 0.702 bits per heavy atom. The largest absolute Gasteiger partial charge is 0.345 e. The summed E-state index contributed by atoms with van der Waals surface area (Å²) in [6.45, 7) is 0. The van der Waals surface area contributed by atoms with E-state index in [9.17, 15) is 0 Å². The van der Waals surface area contributed by atoms with Gasteiger partial charge in [0, 0.05) is 71.0 Å². The van der Waals surface area contributed by atoms with Crippen molar-refractivity contribution >= 4 is 89.2 Å². The second-order valence-corrected chi connectivity index (χ2v) is 21.2. The summed E-state index contributed by atoms with van der Waals surface area (Å²) in [5.41, 5.74) is 18.7. The first kappa shape index (κ1) is 52.4. The quantitative estimate of drug-likeness (QED) is 0.114. The van der Waals surface area contributed by atoms with Crippen LogP contribution in [0.1, 0.15) is 0 Å². The standard InChI is InChI=1S/C41H32N2.C39H30N2/c1-42(37-23-16-33(17-24-37)31-10-4-2-5-11-31)38-25-18-34(19-26-38)35-20-27-40(28-21-35)43(39-14-6-3-7-15-39)41-29-22-32-12-8-9-13-36(32)30-41;1-40(38-25-19-29-9-5-7-11-33(29)27-38)35-21-15-31(16-22-35)32-17-23-37(24-18-32)41(36-13-3-2-4-14-36)39-26-20-30-10-6-8-12-34(30)28-39/h2-30H,1H3;2-28H,1H3. The van der Waals surface area contributed by atoms with Gasteiger partial charge in [0.05, 0.1) is 0 Å². The van der Waals surface area contributed by atoms with Crippen molar-refractivity contribution in [3.63, 3.8) is 0 Å². The molecule has 0 saturated carbocycles. The molecule has 0 radical (unpaired) electrons. The summed E-state index contributed by atoms with van der Waals surface area (Å²) in [6, 6.07) is 121. The fourth-order valence-electron chi connectivity index (χ4n) is 11.2. The van der Waals surface area contributed by atoms with Gasteiger partial charge in [-0.15, -0.1) is 0 Å². The molecule has 14 rings (SSSR count). The van der Waals surface area contributed by atoms with Crippen molar-refractivity contribution < 1.29 is 0 Å². The van der Waals surface area contributed by atoms with E-state index in [0.29, 0.717) is 0 Å². The predicted octanol–water partition coefficient (Wildman–Crippen LogP) is 22.3. The third-order valence-corrected chi connectivity index (χ3v) is 15.9. The molecule has 0 spiro atoms. The van der Waals surface area contributed by atoms with Crippen molar-refractivity contribution in [3.05, 3.63) is 340 Å². The Morgan fingerprint density at radius 2 is 0.369 bits per heavy atom. The summed E-state index contributed by atoms with van der Waals surface area (Å²) in [6.07, 6.45) is 0. The zero-order valence-electron chi connectivity index (χ0n) is 47.1. The average molecular weight is 1080 g/mol. The molecule has 402 valence electrons. The highest BCUT2D eigenvalue weighted by Crippen LogP contribution is 2.40. The Labute approximate surface area is 493 Å². The summed E-state index contributed by atoms with van der Waals surface area (Å²) in [5, 5.41) is 7.46. The van der Waals surface area contributed by atoms with Crippen LogP contribution in [0, 0.1) is 0 Å². The highest BCUT2D eigenvalue weighted by Gasteiger charge is 2.16. The molecule has 0 saturated heterocycles. The van der Waals surface area contributed by atoms with Crippen LogP contribution >= 0.6 is 0 Å². The predicted molar refractivity (Wildman–Crippen MR) is 360 cm³/mol. The molecule has 0 aromatic heterocycles. The molecule has 0 amide bonds. The molecule has 0 atom stereocenters. The lowest BCUT2D eigenvalue weighted by Gasteiger charge is -2.26. The molecule has 0 heterocycles. The summed E-state index contributed by atoms with van der Waals surface area (Å²) in [5.74, 6) is 0. The molecule has 14 aromatic rings. The van der Waals surface area contributed by atoms with Crippen molar-refractivity contribution in [1.29, 1.82) is 0 Å². The smallest absolute Gasteiger partial charge is 0.0468 e. The number of hydrogen-bond acceptors (Lipinski definition) is 4. The van der Waals surface area contributed by atoms with Crippen LogP contribution in [0.4, 0.5) is 56.9 Å². The summed E-state index contributed by atoms with van der Waals surface area (Å²) < 4.78 is 0. The SMILES string of the molecule is CN(c1ccc(-c2ccc(N(c3ccccc3)c3ccc4ccccc4c3)cc2)cc1)c1ccc2ccccc2c1.CN(c1ccc(-c2ccccc2)cc1)c1ccc(-c2ccc(N(c3ccccc3)c3ccc4ccccc4c3)cc2)cc1. The van der Waals surface area contributed by atoms with Crippen molar-refractivity contribution in [1.82, 2.24) is 0 Å². The molecule has 0 aliphatic carbocycles. The number of benzene rings is 14. The average Bonchev–Trinajstić information content (AvgIpc) is 3.55. The first-order chi connectivity index (χ1) is 41.5. The van der Waals surface area contributed by atoms with Gasteiger partial charge in [0.2, 0.25) is 0 Å². The van der Waals surface area contributed by atoms with Gasteiger partial charge in [-0.2, -0.15) is 0 Å². The lowest BCUT2D eigenvalue weighted by atomic mass is 10.0. The molecule has 0 bridgehead atoms. The minimum Gasteiger partial charge on any atom is -0.345 e. The third-order valence-electron chi connectivity index (χ3n) is 15.9. The number of anilines is 10. The molecular formula is C80H62N4. The highest BCUT2D eigenvalue weighted by molar-refractivity contribution is 5.92. The van der Waals surface area contributed by atoms with E-state index < -0.39 is 0 Å². The second kappa shape index (κ2) is 24.0. The lowest BCUT2D eigenvalue weighted by molar-refractivity contribution is 1.21. The molecule has 14 aromatic carbocycles. The molecule has 0 N–H and O–H groups in total. The van der Waals surface area contributed by atoms with Crippen molar-refractivity contribution in [3.8, 4) is 33.4 Å². The molecule has 0 aliphatic heterocycles. The van der Waals surface area contributed by atoms with Crippen LogP contribution in [0.5, 0.6) is 0 Å². The monoisotopic (exact) mass is 1080 g/mol. The first-order valence-corrected chi connectivity index (χ1v) is 28.7. The van der Waals surface area contributed by atoms with Gasteiger partial charge in [-0.3, -0.25) is 0 Å². The molecule has 84 heavy (non-hydrogen) atoms. The molecular weight excluding hydrogens is 1020 g/mol. The van der Waals surface area contributed by atoms with E-state index in [4.69, 9.17) is 0 Å². The first-order valence-electron chi connectivity index (χ1n) is 28.7. The van der Waals surface area contributed by atoms with Crippen molar-refractivity contribution in [2.75, 3.05) is 33.7 Å². The second-order valence-electron chi connectivity index (χ2n) is 21.2. The number of rotatable bonds is 13. The van der Waals surface area contributed by atoms with Crippen molar-refractivity contribution in [2.24, 2.45) is 0 Å². The maximum absolute atomic E-state index is 2.32. The molecule has 0 fully saturated rings. The van der Waals surface area contributed by atoms with E-state index >= 15 is 0 Å². The maximum Gasteiger partial charge on any atom is 0.0468 e. The van der Waals surface area contributed by atoms with Crippen molar-refractivity contribution in [2.45, 2.75) is 0 Å². The fourth-order valence-corrected chi connectivity index (χ4v) is 11.2. The van der Waals surface area contributed by atoms with E-state index in [1.807, 2.05) is 0 Å². The minimum absolute atomic E-state index is 1.13. The Hall–Kier alpha value is -10.9. The molecule has 4 heteroatoms. The van der Waals surface area contributed by atoms with Gasteiger partial charge < -0.3 is 19.6 Å². The molecule has 4 nitrogen and oxygen atoms in total. The minimum atomic E-state index is 1.13. The highest BCUT2D eigenvalue weighted by atomic mass is 15.1. The van der Waals surface area contributed by atoms with Gasteiger partial charge in [0.15, 0.2) is 0 Å². The third kappa shape index (κ3) is 11.4. The van der Waals surface area contributed by atoms with Gasteiger partial charge in [0.25, 0.3) is 0 Å². The lowest BCUT2D eigenvalue weighted by Crippen LogP contribution is -2.09. The van der Waals surface area contributed by atoms with Crippen LogP contribution in [0.3, 0.4) is 0 Å². The van der Waals surface area contributed by atoms with Crippen LogP contribution in [0.25, 0.3) is 65.7 Å². The van der Waals surface area contributed by atoms with Gasteiger partial charge in [-0.25, -0.2) is 0 Å². The topological polar surface area (TPSA) is 13.0 Å². The number of fused-ring (bicyclic) bond motifs is 3. The van der Waals surface area contributed by atoms with Crippen LogP contribution in [0.15, 0.2) is 340 Å². The van der Waals surface area contributed by atoms with E-state index in [2.05, 4.69) is 373 Å². The van der Waals surface area contributed by atoms with Gasteiger partial charge in [-0.05, 0) is 187 Å². The molecule has 0 unspecified atom stereocenters. The fraction of sp³-hybridized carbons (Fsp3) is 0.0250. The number of nitrogens with zero attached hydrogens (tertiary/aromatic N) is 4. The van der Waals surface area contributed by atoms with Crippen LogP contribution in [-0.4, -0.2) is 14.1 Å². The van der Waals surface area contributed by atoms with E-state index in [1.54, 1.807) is 0 Å². The normalized spacial score (nSPS) is 11.0. The summed E-state index contributed by atoms with van der Waals surface area (Å²) in [7, 11) is 4.24. The van der Waals surface area contributed by atoms with E-state index in [0.717, 1.165) is 51.2 Å². The van der Waals surface area contributed by atoms with Gasteiger partial charge in [0.1, 0.15) is 0 Å². The summed E-state index contributed by atoms with van der Waals surface area (Å²) >= 11 is 0. The van der Waals surface area contributed by atoms with Gasteiger partial charge >= 0.3 is 0 Å². The van der Waals surface area contributed by atoms with Gasteiger partial charge in [-0.1, -0.05) is 218 Å². The van der Waals surface area contributed by atoms with E-state index in [-0.39, 0.29) is 0 Å². The Bertz CT molecular complexity index is 4470. The number of para-hydroxylation sites is 2. The number of hydrogen-bond donors (Lipinski definition) is 0. The van der Waals surface area contributed by atoms with Crippen LogP contribution < -0.4 is 19.6 Å². The molecule has 0 aliphatic rings. The Morgan fingerprint density at radius 1 is 0.155 bits per heavy atom. The summed E-state index contributed by atoms with van der Waals surface area (Å²) in [4.78, 5) is 9.10. The Balaban J connectivity index is 0.000000157. The zero-order chi connectivity index (χ0) is 56.6. The zero-order valence-corrected chi connectivity index (χ0v) is 47.1. The Kier molecular flexibility index (Phi) is 15.0.